The van der Waals surface area contributed by atoms with Gasteiger partial charge in [-0.1, -0.05) is 109 Å². The summed E-state index contributed by atoms with van der Waals surface area (Å²) in [5, 5.41) is 2.42. The fourth-order valence-electron chi connectivity index (χ4n) is 9.17. The van der Waals surface area contributed by atoms with E-state index in [1.807, 2.05) is 65.4 Å². The minimum Gasteiger partial charge on any atom is -0.287 e. The van der Waals surface area contributed by atoms with E-state index >= 15 is 0 Å². The molecule has 7 aromatic carbocycles. The van der Waals surface area contributed by atoms with Crippen LogP contribution in [0.1, 0.15) is 54.9 Å². The SMILES string of the molecule is FC(F)(F)c1cc([B-](c2cc(C(F)(F)F)cc(C(F)(F)F)c2)(c2cc(C(F)(F)F)cc(C(F)(F)F)c2)c2cc(C(F)(F)F)cc(C(F)(F)F)c2)cc(C(F)(F)F)c1.O=C(C[n+]1ccccc1-c1ccc2ccccc2c1)c1ccccc1. The van der Waals surface area contributed by atoms with Gasteiger partial charge in [0.25, 0.3) is 0 Å². The molecule has 1 heterocycles. The first-order chi connectivity index (χ1) is 37.6. The summed E-state index contributed by atoms with van der Waals surface area (Å²) in [5.41, 5.74) is -27.3. The number of Topliss-reactive ketones (excluding diaryl/α,β-unsaturated/α-hetero) is 1. The Balaban J connectivity index is 0.000000318. The summed E-state index contributed by atoms with van der Waals surface area (Å²) in [7, 11) is 0. The number of carbonyl (C=O) groups excluding carboxylic acids is 1. The second-order valence-electron chi connectivity index (χ2n) is 18.3. The van der Waals surface area contributed by atoms with Gasteiger partial charge in [-0.15, -0.1) is 0 Å². The van der Waals surface area contributed by atoms with Gasteiger partial charge < -0.3 is 0 Å². The van der Waals surface area contributed by atoms with Crippen LogP contribution in [0.3, 0.4) is 0 Å². The van der Waals surface area contributed by atoms with Gasteiger partial charge in [-0.25, -0.2) is 0 Å². The quantitative estimate of drug-likeness (QED) is 0.0643. The zero-order valence-electron chi connectivity index (χ0n) is 40.4. The van der Waals surface area contributed by atoms with Crippen molar-refractivity contribution in [1.29, 1.82) is 0 Å². The molecule has 0 aliphatic heterocycles. The molecule has 0 atom stereocenters. The summed E-state index contributed by atoms with van der Waals surface area (Å²) in [6, 6.07) is 21.4. The molecule has 82 heavy (non-hydrogen) atoms. The van der Waals surface area contributed by atoms with E-state index in [1.54, 1.807) is 0 Å². The van der Waals surface area contributed by atoms with Crippen molar-refractivity contribution in [2.24, 2.45) is 0 Å². The first-order valence-electron chi connectivity index (χ1n) is 23.0. The van der Waals surface area contributed by atoms with E-state index in [0.717, 1.165) is 16.8 Å². The first-order valence-corrected chi connectivity index (χ1v) is 23.0. The molecule has 8 aromatic rings. The molecule has 0 unspecified atom stereocenters. The Bertz CT molecular complexity index is 3200. The van der Waals surface area contributed by atoms with Crippen LogP contribution in [0.15, 0.2) is 170 Å². The number of rotatable bonds is 8. The monoisotopic (exact) mass is 1190 g/mol. The summed E-state index contributed by atoms with van der Waals surface area (Å²) < 4.78 is 343. The minimum absolute atomic E-state index is 0.110. The summed E-state index contributed by atoms with van der Waals surface area (Å²) in [6.07, 6.45) is -52.8. The molecule has 2 nitrogen and oxygen atoms in total. The van der Waals surface area contributed by atoms with Gasteiger partial charge in [0.2, 0.25) is 18.0 Å². The highest BCUT2D eigenvalue weighted by Crippen LogP contribution is 2.41. The minimum atomic E-state index is -6.13. The zero-order chi connectivity index (χ0) is 61.0. The molecule has 27 heteroatoms. The number of halogens is 24. The highest BCUT2D eigenvalue weighted by Gasteiger charge is 2.47. The fourth-order valence-corrected chi connectivity index (χ4v) is 9.17. The topological polar surface area (TPSA) is 20.9 Å². The lowest BCUT2D eigenvalue weighted by atomic mass is 9.12. The molecule has 0 radical (unpaired) electrons. The number of nitrogens with zero attached hydrogens (tertiary/aromatic N) is 1. The van der Waals surface area contributed by atoms with E-state index in [9.17, 15) is 110 Å². The number of hydrogen-bond acceptors (Lipinski definition) is 1. The molecule has 0 bridgehead atoms. The van der Waals surface area contributed by atoms with Crippen molar-refractivity contribution in [2.45, 2.75) is 56.0 Å². The Hall–Kier alpha value is -8.00. The van der Waals surface area contributed by atoms with Crippen molar-refractivity contribution in [1.82, 2.24) is 0 Å². The number of aromatic nitrogens is 1. The number of fused-ring (bicyclic) bond motifs is 1. The second-order valence-corrected chi connectivity index (χ2v) is 18.3. The summed E-state index contributed by atoms with van der Waals surface area (Å²) in [4.78, 5) is 12.6. The Morgan fingerprint density at radius 1 is 0.317 bits per heavy atom. The molecule has 0 fully saturated rings. The van der Waals surface area contributed by atoms with E-state index < -0.39 is 195 Å². The average molecular weight is 1190 g/mol. The number of carbonyl (C=O) groups is 1. The first kappa shape index (κ1) is 61.6. The molecule has 0 aliphatic rings. The summed E-state index contributed by atoms with van der Waals surface area (Å²) >= 11 is 0. The van der Waals surface area contributed by atoms with Gasteiger partial charge in [0.15, 0.2) is 6.20 Å². The van der Waals surface area contributed by atoms with Crippen LogP contribution >= 0.6 is 0 Å². The number of benzene rings is 7. The molecule has 432 valence electrons. The maximum absolute atomic E-state index is 14.2. The normalized spacial score (nSPS) is 13.2. The smallest absolute Gasteiger partial charge is 0.287 e. The van der Waals surface area contributed by atoms with Crippen LogP contribution < -0.4 is 26.4 Å². The van der Waals surface area contributed by atoms with E-state index in [1.165, 1.54) is 10.8 Å². The number of hydrogen-bond donors (Lipinski definition) is 0. The lowest BCUT2D eigenvalue weighted by molar-refractivity contribution is -0.672. The van der Waals surface area contributed by atoms with Crippen LogP contribution in [0.4, 0.5) is 105 Å². The van der Waals surface area contributed by atoms with Gasteiger partial charge in [-0.05, 0) is 53.2 Å². The van der Waals surface area contributed by atoms with E-state index in [-0.39, 0.29) is 5.78 Å². The molecule has 0 amide bonds. The second kappa shape index (κ2) is 21.7. The van der Waals surface area contributed by atoms with Crippen molar-refractivity contribution in [3.05, 3.63) is 220 Å². The van der Waals surface area contributed by atoms with Crippen molar-refractivity contribution < 1.29 is 115 Å². The predicted molar refractivity (Wildman–Crippen MR) is 250 cm³/mol. The van der Waals surface area contributed by atoms with Crippen LogP contribution in [0.2, 0.25) is 0 Å². The van der Waals surface area contributed by atoms with Crippen LogP contribution in [-0.4, -0.2) is 11.9 Å². The van der Waals surface area contributed by atoms with E-state index in [0.29, 0.717) is 6.54 Å². The van der Waals surface area contributed by atoms with Crippen LogP contribution in [0.25, 0.3) is 22.0 Å². The van der Waals surface area contributed by atoms with Gasteiger partial charge in [0.1, 0.15) is 6.15 Å². The molecule has 1 aromatic heterocycles. The van der Waals surface area contributed by atoms with E-state index in [4.69, 9.17) is 0 Å². The number of ketones is 1. The molecule has 0 aliphatic carbocycles. The Morgan fingerprint density at radius 2 is 0.610 bits per heavy atom. The highest BCUT2D eigenvalue weighted by atomic mass is 19.4. The Labute approximate surface area is 445 Å². The number of pyridine rings is 1. The van der Waals surface area contributed by atoms with Crippen LogP contribution in [-0.2, 0) is 56.0 Å². The van der Waals surface area contributed by atoms with Crippen molar-refractivity contribution in [3.63, 3.8) is 0 Å². The molecule has 0 saturated carbocycles. The van der Waals surface area contributed by atoms with Crippen molar-refractivity contribution >= 4 is 44.6 Å². The van der Waals surface area contributed by atoms with Gasteiger partial charge in [0.05, 0.1) is 44.5 Å². The zero-order valence-corrected chi connectivity index (χ0v) is 40.4. The molecule has 0 N–H and O–H groups in total. The Morgan fingerprint density at radius 3 is 0.927 bits per heavy atom. The highest BCUT2D eigenvalue weighted by molar-refractivity contribution is 7.20. The van der Waals surface area contributed by atoms with Crippen LogP contribution in [0.5, 0.6) is 0 Å². The van der Waals surface area contributed by atoms with Gasteiger partial charge >= 0.3 is 49.4 Å². The van der Waals surface area contributed by atoms with Gasteiger partial charge in [-0.3, -0.25) is 4.79 Å². The van der Waals surface area contributed by atoms with E-state index in [2.05, 4.69) is 36.4 Å². The third-order valence-corrected chi connectivity index (χ3v) is 12.8. The molecule has 0 spiro atoms. The Kier molecular flexibility index (Phi) is 16.3. The largest absolute Gasteiger partial charge is 0.416 e. The maximum Gasteiger partial charge on any atom is 0.416 e. The fraction of sp³-hybridized carbons (Fsp3) is 0.164. The van der Waals surface area contributed by atoms with Crippen LogP contribution in [0, 0.1) is 0 Å². The summed E-state index contributed by atoms with van der Waals surface area (Å²) in [6.45, 7) is 0.326. The third kappa shape index (κ3) is 13.7. The number of alkyl halides is 24. The molecular weight excluding hydrogens is 1160 g/mol. The van der Waals surface area contributed by atoms with Gasteiger partial charge in [-0.2, -0.15) is 132 Å². The lowest BCUT2D eigenvalue weighted by Gasteiger charge is -2.46. The van der Waals surface area contributed by atoms with Crippen molar-refractivity contribution in [3.8, 4) is 11.3 Å². The van der Waals surface area contributed by atoms with Crippen molar-refractivity contribution in [2.75, 3.05) is 0 Å². The average Bonchev–Trinajstić information content (AvgIpc) is 1.66. The molecular formula is C55H30BF24NO. The summed E-state index contributed by atoms with van der Waals surface area (Å²) in [5.74, 6) is 0.110. The standard InChI is InChI=1S/C32H12BF24.C23H18NO/c34-25(35,36)13-1-14(26(37,38)39)6-21(5-13)33(22-7-15(27(40,41)42)2-16(8-22)28(43,44)45,23-9-17(29(46,47)48)3-18(10-23)30(49,50)51)24-11-19(31(52,53)54)4-20(12-24)32(55,56)57;25-23(19-9-2-1-3-10-19)17-24-15-7-6-12-22(24)21-14-13-18-8-4-5-11-20(18)16-21/h1-12H;1-16H,17H2/q-1;+1. The third-order valence-electron chi connectivity index (χ3n) is 12.8. The lowest BCUT2D eigenvalue weighted by Crippen LogP contribution is -2.75. The molecule has 0 saturated heterocycles. The molecule has 8 rings (SSSR count). The van der Waals surface area contributed by atoms with Gasteiger partial charge in [0, 0.05) is 23.3 Å². The predicted octanol–water partition coefficient (Wildman–Crippen LogP) is 15.9. The maximum atomic E-state index is 14.2.